The van der Waals surface area contributed by atoms with Gasteiger partial charge in [-0.1, -0.05) is 12.1 Å². The first-order chi connectivity index (χ1) is 9.58. The Morgan fingerprint density at radius 2 is 2.00 bits per heavy atom. The van der Waals surface area contributed by atoms with E-state index in [0.29, 0.717) is 24.2 Å². The van der Waals surface area contributed by atoms with Crippen LogP contribution in [0.25, 0.3) is 0 Å². The summed E-state index contributed by atoms with van der Waals surface area (Å²) in [6, 6.07) is 8.92. The predicted octanol–water partition coefficient (Wildman–Crippen LogP) is 3.86. The lowest BCUT2D eigenvalue weighted by atomic mass is 10.1. The van der Waals surface area contributed by atoms with Crippen molar-refractivity contribution in [1.29, 1.82) is 0 Å². The van der Waals surface area contributed by atoms with Gasteiger partial charge in [0, 0.05) is 17.8 Å². The molecule has 2 nitrogen and oxygen atoms in total. The van der Waals surface area contributed by atoms with Gasteiger partial charge in [0.25, 0.3) is 0 Å². The molecule has 0 amide bonds. The molecule has 0 saturated carbocycles. The summed E-state index contributed by atoms with van der Waals surface area (Å²) in [6.07, 6.45) is 0.710. The number of anilines is 2. The highest BCUT2D eigenvalue weighted by atomic mass is 19.1. The maximum Gasteiger partial charge on any atom is 0.162 e. The molecule has 0 spiro atoms. The number of Topliss-reactive ketones (excluding diaryl/α,β-unsaturated/α-hetero) is 1. The minimum Gasteiger partial charge on any atom is -0.338 e. The summed E-state index contributed by atoms with van der Waals surface area (Å²) in [5, 5.41) is 0. The van der Waals surface area contributed by atoms with Crippen LogP contribution < -0.4 is 4.90 Å². The fourth-order valence-electron chi connectivity index (χ4n) is 2.66. The van der Waals surface area contributed by atoms with Crippen molar-refractivity contribution in [1.82, 2.24) is 0 Å². The van der Waals surface area contributed by atoms with Crippen molar-refractivity contribution < 1.29 is 13.6 Å². The highest BCUT2D eigenvalue weighted by Gasteiger charge is 2.26. The number of hydrogen-bond donors (Lipinski definition) is 0. The van der Waals surface area contributed by atoms with Gasteiger partial charge in [0.05, 0.1) is 5.69 Å². The highest BCUT2D eigenvalue weighted by molar-refractivity contribution is 6.01. The van der Waals surface area contributed by atoms with E-state index in [2.05, 4.69) is 0 Å². The zero-order chi connectivity index (χ0) is 14.3. The van der Waals surface area contributed by atoms with Gasteiger partial charge < -0.3 is 4.90 Å². The average Bonchev–Trinajstić information content (AvgIpc) is 2.81. The van der Waals surface area contributed by atoms with E-state index in [1.54, 1.807) is 17.0 Å². The number of halogens is 2. The van der Waals surface area contributed by atoms with Gasteiger partial charge in [0.1, 0.15) is 11.6 Å². The van der Waals surface area contributed by atoms with Gasteiger partial charge in [-0.25, -0.2) is 8.78 Å². The fraction of sp³-hybridized carbons (Fsp3) is 0.188. The monoisotopic (exact) mass is 273 g/mol. The Hall–Kier alpha value is -2.23. The molecule has 102 valence electrons. The molecule has 0 N–H and O–H groups in total. The first-order valence-corrected chi connectivity index (χ1v) is 6.43. The van der Waals surface area contributed by atoms with Gasteiger partial charge in [0.15, 0.2) is 5.78 Å². The third kappa shape index (κ3) is 1.97. The molecule has 0 bridgehead atoms. The Morgan fingerprint density at radius 3 is 2.75 bits per heavy atom. The van der Waals surface area contributed by atoms with Gasteiger partial charge in [-0.3, -0.25) is 4.79 Å². The molecule has 1 aliphatic heterocycles. The molecule has 0 radical (unpaired) electrons. The summed E-state index contributed by atoms with van der Waals surface area (Å²) in [5.41, 5.74) is 2.16. The molecule has 2 aromatic rings. The van der Waals surface area contributed by atoms with E-state index < -0.39 is 5.82 Å². The lowest BCUT2D eigenvalue weighted by molar-refractivity contribution is 0.101. The molecular weight excluding hydrogens is 260 g/mol. The molecular formula is C16H13F2NO. The Kier molecular flexibility index (Phi) is 3.01. The van der Waals surface area contributed by atoms with Gasteiger partial charge in [0.2, 0.25) is 0 Å². The minimum absolute atomic E-state index is 0.204. The maximum absolute atomic E-state index is 14.2. The zero-order valence-electron chi connectivity index (χ0n) is 11.0. The molecule has 0 aromatic heterocycles. The Morgan fingerprint density at radius 1 is 1.20 bits per heavy atom. The van der Waals surface area contributed by atoms with Crippen LogP contribution in [-0.2, 0) is 6.42 Å². The molecule has 2 aromatic carbocycles. The topological polar surface area (TPSA) is 20.3 Å². The van der Waals surface area contributed by atoms with E-state index in [9.17, 15) is 13.6 Å². The number of nitrogens with zero attached hydrogens (tertiary/aromatic N) is 1. The van der Waals surface area contributed by atoms with Crippen molar-refractivity contribution in [3.8, 4) is 0 Å². The van der Waals surface area contributed by atoms with Crippen LogP contribution in [0.1, 0.15) is 22.8 Å². The third-order valence-electron chi connectivity index (χ3n) is 3.58. The van der Waals surface area contributed by atoms with Crippen molar-refractivity contribution in [2.45, 2.75) is 13.3 Å². The van der Waals surface area contributed by atoms with Crippen molar-refractivity contribution in [3.05, 3.63) is 59.2 Å². The van der Waals surface area contributed by atoms with Crippen molar-refractivity contribution >= 4 is 17.2 Å². The minimum atomic E-state index is -0.463. The summed E-state index contributed by atoms with van der Waals surface area (Å²) in [4.78, 5) is 13.4. The molecule has 0 saturated heterocycles. The van der Waals surface area contributed by atoms with E-state index in [0.717, 1.165) is 5.56 Å². The van der Waals surface area contributed by atoms with E-state index in [4.69, 9.17) is 0 Å². The van der Waals surface area contributed by atoms with E-state index in [-0.39, 0.29) is 17.3 Å². The number of hydrogen-bond acceptors (Lipinski definition) is 2. The van der Waals surface area contributed by atoms with E-state index >= 15 is 0 Å². The summed E-state index contributed by atoms with van der Waals surface area (Å²) in [5.74, 6) is -1.03. The third-order valence-corrected chi connectivity index (χ3v) is 3.58. The second kappa shape index (κ2) is 4.71. The van der Waals surface area contributed by atoms with Crippen molar-refractivity contribution in [2.75, 3.05) is 11.4 Å². The van der Waals surface area contributed by atoms with Crippen LogP contribution in [-0.4, -0.2) is 12.3 Å². The fourth-order valence-corrected chi connectivity index (χ4v) is 2.66. The lowest BCUT2D eigenvalue weighted by Gasteiger charge is -2.22. The summed E-state index contributed by atoms with van der Waals surface area (Å²) in [6.45, 7) is 1.95. The Balaban J connectivity index is 2.18. The van der Waals surface area contributed by atoms with Crippen LogP contribution in [0.5, 0.6) is 0 Å². The largest absolute Gasteiger partial charge is 0.338 e. The number of fused-ring (bicyclic) bond motifs is 1. The maximum atomic E-state index is 14.2. The van der Waals surface area contributed by atoms with Crippen LogP contribution >= 0.6 is 0 Å². The van der Waals surface area contributed by atoms with Crippen LogP contribution in [0.3, 0.4) is 0 Å². The zero-order valence-corrected chi connectivity index (χ0v) is 11.0. The van der Waals surface area contributed by atoms with Crippen LogP contribution in [0.2, 0.25) is 0 Å². The van der Waals surface area contributed by atoms with Crippen molar-refractivity contribution in [3.63, 3.8) is 0 Å². The second-order valence-corrected chi connectivity index (χ2v) is 4.87. The average molecular weight is 273 g/mol. The molecule has 0 fully saturated rings. The standard InChI is InChI=1S/C16H13F2NO/c1-10(20)13-3-2-4-14(18)16(13)19-8-7-11-5-6-12(17)9-15(11)19/h2-6,9H,7-8H2,1H3. The van der Waals surface area contributed by atoms with Gasteiger partial charge in [-0.05, 0) is 43.2 Å². The first kappa shape index (κ1) is 12.8. The molecule has 20 heavy (non-hydrogen) atoms. The van der Waals surface area contributed by atoms with Gasteiger partial charge >= 0.3 is 0 Å². The number of ketones is 1. The SMILES string of the molecule is CC(=O)c1cccc(F)c1N1CCc2ccc(F)cc21. The quantitative estimate of drug-likeness (QED) is 0.774. The smallest absolute Gasteiger partial charge is 0.162 e. The molecule has 0 aliphatic carbocycles. The highest BCUT2D eigenvalue weighted by Crippen LogP contribution is 2.38. The second-order valence-electron chi connectivity index (χ2n) is 4.87. The predicted molar refractivity (Wildman–Crippen MR) is 73.5 cm³/mol. The van der Waals surface area contributed by atoms with E-state index in [1.807, 2.05) is 0 Å². The van der Waals surface area contributed by atoms with Crippen LogP contribution in [0.4, 0.5) is 20.2 Å². The summed E-state index contributed by atoms with van der Waals surface area (Å²) in [7, 11) is 0. The van der Waals surface area contributed by atoms with Gasteiger partial charge in [-0.15, -0.1) is 0 Å². The number of carbonyl (C=O) groups excluding carboxylic acids is 1. The number of benzene rings is 2. The molecule has 1 aliphatic rings. The van der Waals surface area contributed by atoms with Crippen molar-refractivity contribution in [2.24, 2.45) is 0 Å². The molecule has 1 heterocycles. The van der Waals surface area contributed by atoms with Crippen LogP contribution in [0, 0.1) is 11.6 Å². The number of rotatable bonds is 2. The normalized spacial score (nSPS) is 13.4. The van der Waals surface area contributed by atoms with Gasteiger partial charge in [-0.2, -0.15) is 0 Å². The summed E-state index contributed by atoms with van der Waals surface area (Å²) >= 11 is 0. The number of carbonyl (C=O) groups is 1. The van der Waals surface area contributed by atoms with Crippen LogP contribution in [0.15, 0.2) is 36.4 Å². The molecule has 0 atom stereocenters. The van der Waals surface area contributed by atoms with E-state index in [1.165, 1.54) is 31.2 Å². The molecule has 4 heteroatoms. The Bertz CT molecular complexity index is 697. The first-order valence-electron chi connectivity index (χ1n) is 6.43. The summed E-state index contributed by atoms with van der Waals surface area (Å²) < 4.78 is 27.6. The Labute approximate surface area is 115 Å². The number of para-hydroxylation sites is 1. The molecule has 0 unspecified atom stereocenters. The molecule has 3 rings (SSSR count). The lowest BCUT2D eigenvalue weighted by Crippen LogP contribution is -2.18.